The van der Waals surface area contributed by atoms with Crippen LogP contribution >= 0.6 is 0 Å². The highest BCUT2D eigenvalue weighted by molar-refractivity contribution is 5.92. The summed E-state index contributed by atoms with van der Waals surface area (Å²) in [5.41, 5.74) is 0.714. The number of rotatable bonds is 3. The van der Waals surface area contributed by atoms with E-state index in [1.54, 1.807) is 6.92 Å². The molecule has 0 saturated heterocycles. The van der Waals surface area contributed by atoms with Gasteiger partial charge in [0.25, 0.3) is 0 Å². The molecule has 2 rings (SSSR count). The molecule has 92 valence electrons. The highest BCUT2D eigenvalue weighted by Crippen LogP contribution is 2.18. The molecule has 1 N–H and O–H groups in total. The van der Waals surface area contributed by atoms with E-state index in [4.69, 9.17) is 5.11 Å². The minimum atomic E-state index is -1.19. The fourth-order valence-electron chi connectivity index (χ4n) is 1.66. The van der Waals surface area contributed by atoms with E-state index in [9.17, 15) is 14.0 Å². The molecule has 0 bridgehead atoms. The molecule has 0 aliphatic carbocycles. The number of carbonyl (C=O) groups excluding carboxylic acids is 1. The number of hydrogen-bond acceptors (Lipinski definition) is 3. The molecule has 1 aromatic heterocycles. The highest BCUT2D eigenvalue weighted by Gasteiger charge is 2.15. The van der Waals surface area contributed by atoms with Gasteiger partial charge in [-0.3, -0.25) is 4.79 Å². The molecule has 1 heterocycles. The van der Waals surface area contributed by atoms with Crippen molar-refractivity contribution in [1.82, 2.24) is 9.78 Å². The van der Waals surface area contributed by atoms with Crippen LogP contribution in [0.25, 0.3) is 5.69 Å². The summed E-state index contributed by atoms with van der Waals surface area (Å²) in [6.07, 6.45) is 0.545. The first kappa shape index (κ1) is 12.0. The number of carbonyl (C=O) groups is 2. The van der Waals surface area contributed by atoms with E-state index in [0.717, 1.165) is 18.2 Å². The van der Waals surface area contributed by atoms with E-state index in [-0.39, 0.29) is 16.9 Å². The van der Waals surface area contributed by atoms with Gasteiger partial charge >= 0.3 is 5.97 Å². The largest absolute Gasteiger partial charge is 0.478 e. The monoisotopic (exact) mass is 248 g/mol. The molecule has 0 atom stereocenters. The zero-order chi connectivity index (χ0) is 13.3. The summed E-state index contributed by atoms with van der Waals surface area (Å²) in [5, 5.41) is 12.9. The van der Waals surface area contributed by atoms with Crippen molar-refractivity contribution in [1.29, 1.82) is 0 Å². The molecule has 0 spiro atoms. The molecule has 2 aromatic rings. The van der Waals surface area contributed by atoms with E-state index in [2.05, 4.69) is 5.10 Å². The van der Waals surface area contributed by atoms with Crippen molar-refractivity contribution >= 4 is 12.3 Å². The molecular weight excluding hydrogens is 239 g/mol. The van der Waals surface area contributed by atoms with Crippen molar-refractivity contribution in [3.63, 3.8) is 0 Å². The van der Waals surface area contributed by atoms with Crippen LogP contribution in [-0.4, -0.2) is 27.1 Å². The number of carboxylic acid groups (broad SMARTS) is 1. The van der Waals surface area contributed by atoms with Crippen molar-refractivity contribution in [2.45, 2.75) is 6.92 Å². The number of nitrogens with zero attached hydrogens (tertiary/aromatic N) is 2. The molecule has 0 amide bonds. The number of aryl methyl sites for hydroxylation is 1. The predicted molar refractivity (Wildman–Crippen MR) is 60.6 cm³/mol. The van der Waals surface area contributed by atoms with Crippen molar-refractivity contribution in [2.75, 3.05) is 0 Å². The van der Waals surface area contributed by atoms with E-state index >= 15 is 0 Å². The molecular formula is C12H9FN2O3. The molecule has 1 aromatic carbocycles. The Hall–Kier alpha value is -2.50. The average Bonchev–Trinajstić information content (AvgIpc) is 2.70. The van der Waals surface area contributed by atoms with Crippen molar-refractivity contribution in [3.8, 4) is 5.69 Å². The first-order valence-corrected chi connectivity index (χ1v) is 5.08. The van der Waals surface area contributed by atoms with Crippen LogP contribution < -0.4 is 0 Å². The van der Waals surface area contributed by atoms with Crippen LogP contribution in [-0.2, 0) is 0 Å². The first-order valence-electron chi connectivity index (χ1n) is 5.08. The maximum atomic E-state index is 13.2. The second-order valence-electron chi connectivity index (χ2n) is 3.71. The fraction of sp³-hybridized carbons (Fsp3) is 0.0833. The quantitative estimate of drug-likeness (QED) is 0.841. The van der Waals surface area contributed by atoms with E-state index < -0.39 is 11.8 Å². The standard InChI is InChI=1S/C12H9FN2O3/c1-7-4-9(6-16)14-15(7)11-5-8(13)2-3-10(11)12(17)18/h2-6H,1H3,(H,17,18). The molecule has 0 unspecified atom stereocenters. The van der Waals surface area contributed by atoms with Gasteiger partial charge in [0.2, 0.25) is 0 Å². The van der Waals surface area contributed by atoms with E-state index in [0.29, 0.717) is 12.0 Å². The fourth-order valence-corrected chi connectivity index (χ4v) is 1.66. The smallest absolute Gasteiger partial charge is 0.337 e. The number of hydrogen-bond donors (Lipinski definition) is 1. The number of aromatic nitrogens is 2. The Morgan fingerprint density at radius 3 is 2.72 bits per heavy atom. The number of benzene rings is 1. The van der Waals surface area contributed by atoms with Gasteiger partial charge in [-0.25, -0.2) is 13.9 Å². The second-order valence-corrected chi connectivity index (χ2v) is 3.71. The van der Waals surface area contributed by atoms with Gasteiger partial charge in [0.05, 0.1) is 11.3 Å². The van der Waals surface area contributed by atoms with Crippen molar-refractivity contribution in [3.05, 3.63) is 47.0 Å². The maximum absolute atomic E-state index is 13.2. The lowest BCUT2D eigenvalue weighted by atomic mass is 10.1. The molecule has 0 saturated carbocycles. The van der Waals surface area contributed by atoms with Gasteiger partial charge in [0.1, 0.15) is 11.5 Å². The lowest BCUT2D eigenvalue weighted by Crippen LogP contribution is -2.08. The molecule has 0 aliphatic rings. The van der Waals surface area contributed by atoms with Crippen LogP contribution in [0.5, 0.6) is 0 Å². The summed E-state index contributed by atoms with van der Waals surface area (Å²) in [4.78, 5) is 21.7. The number of aldehydes is 1. The average molecular weight is 248 g/mol. The number of carboxylic acids is 1. The number of halogens is 1. The highest BCUT2D eigenvalue weighted by atomic mass is 19.1. The van der Waals surface area contributed by atoms with Gasteiger partial charge in [-0.05, 0) is 25.1 Å². The first-order chi connectivity index (χ1) is 8.52. The summed E-state index contributed by atoms with van der Waals surface area (Å²) < 4.78 is 14.4. The summed E-state index contributed by atoms with van der Waals surface area (Å²) in [7, 11) is 0. The predicted octanol–water partition coefficient (Wildman–Crippen LogP) is 1.83. The Labute approximate surface area is 101 Å². The topological polar surface area (TPSA) is 72.2 Å². The molecule has 0 fully saturated rings. The van der Waals surface area contributed by atoms with Crippen molar-refractivity contribution in [2.24, 2.45) is 0 Å². The maximum Gasteiger partial charge on any atom is 0.337 e. The third kappa shape index (κ3) is 2.00. The molecule has 18 heavy (non-hydrogen) atoms. The molecule has 6 heteroatoms. The Balaban J connectivity index is 2.68. The Bertz CT molecular complexity index is 634. The van der Waals surface area contributed by atoms with Gasteiger partial charge in [-0.2, -0.15) is 5.10 Å². The van der Waals surface area contributed by atoms with Crippen molar-refractivity contribution < 1.29 is 19.1 Å². The molecule has 0 aliphatic heterocycles. The zero-order valence-electron chi connectivity index (χ0n) is 9.42. The lowest BCUT2D eigenvalue weighted by molar-refractivity contribution is 0.0696. The molecule has 0 radical (unpaired) electrons. The Morgan fingerprint density at radius 1 is 1.44 bits per heavy atom. The zero-order valence-corrected chi connectivity index (χ0v) is 9.42. The van der Waals surface area contributed by atoms with Gasteiger partial charge in [-0.15, -0.1) is 0 Å². The SMILES string of the molecule is Cc1cc(C=O)nn1-c1cc(F)ccc1C(=O)O. The summed E-state index contributed by atoms with van der Waals surface area (Å²) in [6.45, 7) is 1.65. The normalized spacial score (nSPS) is 10.3. The molecule has 5 nitrogen and oxygen atoms in total. The third-order valence-corrected chi connectivity index (χ3v) is 2.45. The van der Waals surface area contributed by atoms with Gasteiger partial charge < -0.3 is 5.11 Å². The summed E-state index contributed by atoms with van der Waals surface area (Å²) in [5.74, 6) is -1.76. The van der Waals surface area contributed by atoms with Crippen LogP contribution in [0, 0.1) is 12.7 Å². The number of aromatic carboxylic acids is 1. The Kier molecular flexibility index (Phi) is 2.93. The van der Waals surface area contributed by atoms with Crippen LogP contribution in [0.4, 0.5) is 4.39 Å². The Morgan fingerprint density at radius 2 is 2.17 bits per heavy atom. The minimum absolute atomic E-state index is 0.0833. The second kappa shape index (κ2) is 4.40. The van der Waals surface area contributed by atoms with Crippen LogP contribution in [0.2, 0.25) is 0 Å². The lowest BCUT2D eigenvalue weighted by Gasteiger charge is -2.08. The van der Waals surface area contributed by atoms with Crippen LogP contribution in [0.15, 0.2) is 24.3 Å². The van der Waals surface area contributed by atoms with E-state index in [1.807, 2.05) is 0 Å². The van der Waals surface area contributed by atoms with E-state index in [1.165, 1.54) is 10.7 Å². The third-order valence-electron chi connectivity index (χ3n) is 2.45. The van der Waals surface area contributed by atoms with Crippen LogP contribution in [0.1, 0.15) is 26.5 Å². The van der Waals surface area contributed by atoms with Crippen LogP contribution in [0.3, 0.4) is 0 Å². The van der Waals surface area contributed by atoms with Gasteiger partial charge in [0.15, 0.2) is 6.29 Å². The van der Waals surface area contributed by atoms with Gasteiger partial charge in [0, 0.05) is 11.8 Å². The van der Waals surface area contributed by atoms with Gasteiger partial charge in [-0.1, -0.05) is 0 Å². The minimum Gasteiger partial charge on any atom is -0.478 e. The summed E-state index contributed by atoms with van der Waals surface area (Å²) >= 11 is 0. The summed E-state index contributed by atoms with van der Waals surface area (Å²) in [6, 6.07) is 4.78.